The summed E-state index contributed by atoms with van der Waals surface area (Å²) in [6, 6.07) is 8.10. The van der Waals surface area contributed by atoms with Crippen LogP contribution >= 0.6 is 11.6 Å². The molecule has 0 aliphatic rings. The zero-order chi connectivity index (χ0) is 9.68. The van der Waals surface area contributed by atoms with Crippen LogP contribution in [0.3, 0.4) is 0 Å². The van der Waals surface area contributed by atoms with Gasteiger partial charge in [0.15, 0.2) is 0 Å². The van der Waals surface area contributed by atoms with E-state index in [2.05, 4.69) is 19.1 Å². The van der Waals surface area contributed by atoms with Crippen molar-refractivity contribution in [2.45, 2.75) is 19.3 Å². The van der Waals surface area contributed by atoms with Gasteiger partial charge >= 0.3 is 0 Å². The first kappa shape index (κ1) is 10.4. The monoisotopic (exact) mass is 198 g/mol. The lowest BCUT2D eigenvalue weighted by atomic mass is 9.98. The maximum atomic E-state index is 5.86. The molecule has 1 nitrogen and oxygen atoms in total. The van der Waals surface area contributed by atoms with Crippen LogP contribution in [0.2, 0.25) is 0 Å². The summed E-state index contributed by atoms with van der Waals surface area (Å²) in [5.74, 6) is 2.02. The van der Waals surface area contributed by atoms with Crippen molar-refractivity contribution in [1.82, 2.24) is 0 Å². The van der Waals surface area contributed by atoms with Gasteiger partial charge in [-0.15, -0.1) is 11.6 Å². The number of benzene rings is 1. The van der Waals surface area contributed by atoms with Crippen LogP contribution in [0.5, 0.6) is 5.75 Å². The molecule has 0 radical (unpaired) electrons. The Bertz CT molecular complexity index is 256. The quantitative estimate of drug-likeness (QED) is 0.674. The normalized spacial score (nSPS) is 12.5. The summed E-state index contributed by atoms with van der Waals surface area (Å²) >= 11 is 5.86. The molecule has 0 saturated carbocycles. The summed E-state index contributed by atoms with van der Waals surface area (Å²) in [4.78, 5) is 0. The van der Waals surface area contributed by atoms with E-state index < -0.39 is 0 Å². The molecule has 13 heavy (non-hydrogen) atoms. The number of alkyl halides is 1. The fourth-order valence-corrected chi connectivity index (χ4v) is 1.73. The molecule has 0 fully saturated rings. The van der Waals surface area contributed by atoms with E-state index in [-0.39, 0.29) is 0 Å². The number of rotatable bonds is 4. The first-order chi connectivity index (χ1) is 6.31. The van der Waals surface area contributed by atoms with E-state index in [9.17, 15) is 0 Å². The SMILES string of the molecule is CCC(CCl)c1cccc(OC)c1. The average molecular weight is 199 g/mol. The van der Waals surface area contributed by atoms with Crippen molar-refractivity contribution in [1.29, 1.82) is 0 Å². The topological polar surface area (TPSA) is 9.23 Å². The van der Waals surface area contributed by atoms with Crippen molar-refractivity contribution in [3.05, 3.63) is 29.8 Å². The summed E-state index contributed by atoms with van der Waals surface area (Å²) in [6.07, 6.45) is 1.07. The highest BCUT2D eigenvalue weighted by Gasteiger charge is 2.07. The standard InChI is InChI=1S/C11H15ClO/c1-3-9(8-12)10-5-4-6-11(7-10)13-2/h4-7,9H,3,8H2,1-2H3. The molecule has 1 aromatic rings. The molecule has 72 valence electrons. The van der Waals surface area contributed by atoms with Gasteiger partial charge in [-0.3, -0.25) is 0 Å². The second kappa shape index (κ2) is 5.13. The molecular formula is C11H15ClO. The van der Waals surface area contributed by atoms with Crippen molar-refractivity contribution in [3.63, 3.8) is 0 Å². The molecule has 0 heterocycles. The van der Waals surface area contributed by atoms with Gasteiger partial charge in [-0.05, 0) is 30.0 Å². The summed E-state index contributed by atoms with van der Waals surface area (Å²) in [5, 5.41) is 0. The summed E-state index contributed by atoms with van der Waals surface area (Å²) in [5.41, 5.74) is 1.26. The number of halogens is 1. The Balaban J connectivity index is 2.86. The van der Waals surface area contributed by atoms with Crippen LogP contribution in [-0.4, -0.2) is 13.0 Å². The minimum absolute atomic E-state index is 0.441. The van der Waals surface area contributed by atoms with Crippen LogP contribution in [0.1, 0.15) is 24.8 Å². The number of hydrogen-bond donors (Lipinski definition) is 0. The van der Waals surface area contributed by atoms with Crippen molar-refractivity contribution >= 4 is 11.6 Å². The molecule has 1 rings (SSSR count). The van der Waals surface area contributed by atoms with Crippen LogP contribution in [0.4, 0.5) is 0 Å². The summed E-state index contributed by atoms with van der Waals surface area (Å²) < 4.78 is 5.15. The van der Waals surface area contributed by atoms with Gasteiger partial charge in [0.2, 0.25) is 0 Å². The Hall–Kier alpha value is -0.690. The van der Waals surface area contributed by atoms with E-state index in [0.29, 0.717) is 11.8 Å². The highest BCUT2D eigenvalue weighted by Crippen LogP contribution is 2.24. The van der Waals surface area contributed by atoms with E-state index >= 15 is 0 Å². The molecule has 0 N–H and O–H groups in total. The third-order valence-corrected chi connectivity index (χ3v) is 2.62. The lowest BCUT2D eigenvalue weighted by Gasteiger charge is -2.12. The minimum Gasteiger partial charge on any atom is -0.497 e. The Morgan fingerprint density at radius 1 is 1.46 bits per heavy atom. The molecule has 1 unspecified atom stereocenters. The molecule has 0 saturated heterocycles. The average Bonchev–Trinajstić information content (AvgIpc) is 2.20. The second-order valence-electron chi connectivity index (χ2n) is 3.04. The number of methoxy groups -OCH3 is 1. The van der Waals surface area contributed by atoms with Gasteiger partial charge in [0.25, 0.3) is 0 Å². The van der Waals surface area contributed by atoms with E-state index in [0.717, 1.165) is 12.2 Å². The third kappa shape index (κ3) is 2.63. The van der Waals surface area contributed by atoms with E-state index in [1.807, 2.05) is 12.1 Å². The van der Waals surface area contributed by atoms with Gasteiger partial charge in [-0.25, -0.2) is 0 Å². The minimum atomic E-state index is 0.441. The van der Waals surface area contributed by atoms with Gasteiger partial charge < -0.3 is 4.74 Å². The molecule has 0 bridgehead atoms. The maximum absolute atomic E-state index is 5.86. The Kier molecular flexibility index (Phi) is 4.10. The predicted molar refractivity (Wildman–Crippen MR) is 56.7 cm³/mol. The zero-order valence-electron chi connectivity index (χ0n) is 8.09. The molecule has 0 amide bonds. The first-order valence-electron chi connectivity index (χ1n) is 4.51. The van der Waals surface area contributed by atoms with Crippen molar-refractivity contribution in [2.75, 3.05) is 13.0 Å². The van der Waals surface area contributed by atoms with Crippen LogP contribution in [0, 0.1) is 0 Å². The fourth-order valence-electron chi connectivity index (χ4n) is 1.33. The molecule has 0 spiro atoms. The zero-order valence-corrected chi connectivity index (χ0v) is 8.84. The van der Waals surface area contributed by atoms with Crippen LogP contribution < -0.4 is 4.74 Å². The lowest BCUT2D eigenvalue weighted by molar-refractivity contribution is 0.414. The van der Waals surface area contributed by atoms with Gasteiger partial charge in [-0.2, -0.15) is 0 Å². The van der Waals surface area contributed by atoms with Gasteiger partial charge in [0.1, 0.15) is 5.75 Å². The number of ether oxygens (including phenoxy) is 1. The molecule has 1 atom stereocenters. The Morgan fingerprint density at radius 3 is 2.77 bits per heavy atom. The molecule has 0 aliphatic heterocycles. The van der Waals surface area contributed by atoms with E-state index in [4.69, 9.17) is 16.3 Å². The van der Waals surface area contributed by atoms with Gasteiger partial charge in [0, 0.05) is 5.88 Å². The second-order valence-corrected chi connectivity index (χ2v) is 3.34. The first-order valence-corrected chi connectivity index (χ1v) is 5.05. The molecule has 1 aromatic carbocycles. The van der Waals surface area contributed by atoms with Crippen LogP contribution in [0.15, 0.2) is 24.3 Å². The fraction of sp³-hybridized carbons (Fsp3) is 0.455. The van der Waals surface area contributed by atoms with Crippen molar-refractivity contribution in [3.8, 4) is 5.75 Å². The van der Waals surface area contributed by atoms with Crippen LogP contribution in [-0.2, 0) is 0 Å². The smallest absolute Gasteiger partial charge is 0.119 e. The highest BCUT2D eigenvalue weighted by molar-refractivity contribution is 6.18. The van der Waals surface area contributed by atoms with Crippen LogP contribution in [0.25, 0.3) is 0 Å². The molecule has 0 aromatic heterocycles. The third-order valence-electron chi connectivity index (χ3n) is 2.24. The van der Waals surface area contributed by atoms with Crippen molar-refractivity contribution < 1.29 is 4.74 Å². The van der Waals surface area contributed by atoms with E-state index in [1.54, 1.807) is 7.11 Å². The lowest BCUT2D eigenvalue weighted by Crippen LogP contribution is -1.98. The predicted octanol–water partition coefficient (Wildman–Crippen LogP) is 3.43. The molecular weight excluding hydrogens is 184 g/mol. The molecule has 0 aliphatic carbocycles. The van der Waals surface area contributed by atoms with Gasteiger partial charge in [0.05, 0.1) is 7.11 Å². The Labute approximate surface area is 84.7 Å². The van der Waals surface area contributed by atoms with Crippen molar-refractivity contribution in [2.24, 2.45) is 0 Å². The maximum Gasteiger partial charge on any atom is 0.119 e. The molecule has 2 heteroatoms. The highest BCUT2D eigenvalue weighted by atomic mass is 35.5. The Morgan fingerprint density at radius 2 is 2.23 bits per heavy atom. The number of hydrogen-bond acceptors (Lipinski definition) is 1. The summed E-state index contributed by atoms with van der Waals surface area (Å²) in [7, 11) is 1.68. The van der Waals surface area contributed by atoms with Gasteiger partial charge in [-0.1, -0.05) is 19.1 Å². The largest absolute Gasteiger partial charge is 0.497 e. The summed E-state index contributed by atoms with van der Waals surface area (Å²) in [6.45, 7) is 2.15. The van der Waals surface area contributed by atoms with E-state index in [1.165, 1.54) is 5.56 Å².